The van der Waals surface area contributed by atoms with E-state index in [4.69, 9.17) is 9.72 Å². The topological polar surface area (TPSA) is 82.7 Å². The maximum absolute atomic E-state index is 5.43. The Morgan fingerprint density at radius 3 is 2.32 bits per heavy atom. The molecule has 4 heterocycles. The van der Waals surface area contributed by atoms with E-state index in [1.54, 1.807) is 12.4 Å². The van der Waals surface area contributed by atoms with Crippen molar-refractivity contribution in [1.29, 1.82) is 0 Å². The predicted octanol–water partition coefficient (Wildman–Crippen LogP) is 2.10. The molecule has 0 amide bonds. The highest BCUT2D eigenvalue weighted by Gasteiger charge is 2.25. The van der Waals surface area contributed by atoms with Crippen molar-refractivity contribution in [3.8, 4) is 0 Å². The van der Waals surface area contributed by atoms with E-state index in [1.165, 1.54) is 11.5 Å². The molecule has 0 radical (unpaired) electrons. The predicted molar refractivity (Wildman–Crippen MR) is 94.6 cm³/mol. The molecule has 0 unspecified atom stereocenters. The van der Waals surface area contributed by atoms with E-state index in [9.17, 15) is 0 Å². The van der Waals surface area contributed by atoms with Crippen LogP contribution in [0.25, 0.3) is 0 Å². The molecular formula is C16H21N7OS. The summed E-state index contributed by atoms with van der Waals surface area (Å²) in [6.45, 7) is 1.58. The van der Waals surface area contributed by atoms with Gasteiger partial charge in [0.15, 0.2) is 0 Å². The van der Waals surface area contributed by atoms with E-state index in [0.717, 1.165) is 48.7 Å². The van der Waals surface area contributed by atoms with Crippen LogP contribution in [0.1, 0.15) is 42.3 Å². The van der Waals surface area contributed by atoms with Crippen LogP contribution < -0.4 is 5.32 Å². The van der Waals surface area contributed by atoms with Crippen LogP contribution in [-0.4, -0.2) is 41.7 Å². The Morgan fingerprint density at radius 1 is 1.12 bits per heavy atom. The van der Waals surface area contributed by atoms with Gasteiger partial charge >= 0.3 is 0 Å². The molecule has 0 saturated carbocycles. The average Bonchev–Trinajstić information content (AvgIpc) is 3.35. The van der Waals surface area contributed by atoms with Gasteiger partial charge in [-0.15, -0.1) is 0 Å². The van der Waals surface area contributed by atoms with E-state index < -0.39 is 0 Å². The molecule has 1 N–H and O–H groups in total. The number of rotatable bonds is 5. The first-order valence-corrected chi connectivity index (χ1v) is 9.12. The number of aromatic nitrogens is 6. The third kappa shape index (κ3) is 3.29. The van der Waals surface area contributed by atoms with Crippen LogP contribution in [0.2, 0.25) is 0 Å². The number of anilines is 1. The maximum Gasteiger partial charge on any atom is 0.203 e. The van der Waals surface area contributed by atoms with Crippen molar-refractivity contribution in [2.24, 2.45) is 14.1 Å². The summed E-state index contributed by atoms with van der Waals surface area (Å²) < 4.78 is 14.0. The van der Waals surface area contributed by atoms with Crippen molar-refractivity contribution in [3.05, 3.63) is 42.3 Å². The van der Waals surface area contributed by atoms with Gasteiger partial charge in [0.05, 0.1) is 0 Å². The lowest BCUT2D eigenvalue weighted by Crippen LogP contribution is -2.20. The number of imidazole rings is 2. The molecule has 1 fully saturated rings. The summed E-state index contributed by atoms with van der Waals surface area (Å²) in [5.41, 5.74) is 0. The minimum atomic E-state index is -0.185. The van der Waals surface area contributed by atoms with Gasteiger partial charge < -0.3 is 19.2 Å². The van der Waals surface area contributed by atoms with E-state index in [-0.39, 0.29) is 6.04 Å². The molecule has 0 spiro atoms. The molecule has 3 aromatic rings. The molecule has 1 aliphatic heterocycles. The number of nitrogens with one attached hydrogen (secondary N) is 1. The van der Waals surface area contributed by atoms with Crippen molar-refractivity contribution in [2.75, 3.05) is 18.5 Å². The van der Waals surface area contributed by atoms with Crippen LogP contribution in [0, 0.1) is 0 Å². The third-order valence-corrected chi connectivity index (χ3v) is 5.19. The summed E-state index contributed by atoms with van der Waals surface area (Å²) >= 11 is 1.39. The fraction of sp³-hybridized carbons (Fsp3) is 0.500. The highest BCUT2D eigenvalue weighted by atomic mass is 32.1. The molecule has 4 rings (SSSR count). The summed E-state index contributed by atoms with van der Waals surface area (Å²) in [6.07, 6.45) is 9.42. The first kappa shape index (κ1) is 16.2. The van der Waals surface area contributed by atoms with Crippen molar-refractivity contribution >= 4 is 16.7 Å². The summed E-state index contributed by atoms with van der Waals surface area (Å²) in [5, 5.41) is 4.26. The lowest BCUT2D eigenvalue weighted by atomic mass is 10.00. The molecule has 0 atom stereocenters. The number of hydrogen-bond donors (Lipinski definition) is 1. The monoisotopic (exact) mass is 359 g/mol. The van der Waals surface area contributed by atoms with Gasteiger partial charge in [-0.05, 0) is 12.8 Å². The van der Waals surface area contributed by atoms with Crippen LogP contribution in [0.15, 0.2) is 24.8 Å². The van der Waals surface area contributed by atoms with E-state index in [1.807, 2.05) is 35.6 Å². The van der Waals surface area contributed by atoms with Gasteiger partial charge in [0.25, 0.3) is 0 Å². The van der Waals surface area contributed by atoms with E-state index in [2.05, 4.69) is 19.7 Å². The zero-order valence-electron chi connectivity index (χ0n) is 14.3. The van der Waals surface area contributed by atoms with Gasteiger partial charge in [0, 0.05) is 69.5 Å². The SMILES string of the molecule is Cn1ccnc1C(Nc1nc(C2CCOCC2)ns1)c1nccn1C. The van der Waals surface area contributed by atoms with Crippen molar-refractivity contribution in [3.63, 3.8) is 0 Å². The second-order valence-corrected chi connectivity index (χ2v) is 6.97. The molecule has 0 aliphatic carbocycles. The van der Waals surface area contributed by atoms with Gasteiger partial charge in [0.2, 0.25) is 5.13 Å². The Morgan fingerprint density at radius 2 is 1.76 bits per heavy atom. The van der Waals surface area contributed by atoms with Gasteiger partial charge in [-0.3, -0.25) is 0 Å². The Kier molecular flexibility index (Phi) is 4.50. The van der Waals surface area contributed by atoms with Crippen LogP contribution in [-0.2, 0) is 18.8 Å². The highest BCUT2D eigenvalue weighted by Crippen LogP contribution is 2.29. The molecule has 3 aromatic heterocycles. The zero-order chi connectivity index (χ0) is 17.2. The molecule has 0 aromatic carbocycles. The smallest absolute Gasteiger partial charge is 0.203 e. The lowest BCUT2D eigenvalue weighted by Gasteiger charge is -2.19. The molecular weight excluding hydrogens is 338 g/mol. The van der Waals surface area contributed by atoms with Gasteiger partial charge in [-0.2, -0.15) is 4.37 Å². The molecule has 9 heteroatoms. The minimum Gasteiger partial charge on any atom is -0.381 e. The van der Waals surface area contributed by atoms with Gasteiger partial charge in [-0.25, -0.2) is 15.0 Å². The quantitative estimate of drug-likeness (QED) is 0.751. The summed E-state index contributed by atoms with van der Waals surface area (Å²) in [6, 6.07) is -0.185. The van der Waals surface area contributed by atoms with Crippen LogP contribution in [0.4, 0.5) is 5.13 Å². The molecule has 8 nitrogen and oxygen atoms in total. The minimum absolute atomic E-state index is 0.185. The third-order valence-electron chi connectivity index (χ3n) is 4.53. The van der Waals surface area contributed by atoms with Crippen molar-refractivity contribution in [2.45, 2.75) is 24.8 Å². The standard InChI is InChI=1S/C16H21N7OS/c1-22-7-5-17-14(22)12(15-18-6-8-23(15)2)19-16-20-13(21-25-16)11-3-9-24-10-4-11/h5-8,11-12H,3-4,9-10H2,1-2H3,(H,19,20,21). The molecule has 1 aliphatic rings. The first-order valence-electron chi connectivity index (χ1n) is 8.34. The number of hydrogen-bond acceptors (Lipinski definition) is 7. The van der Waals surface area contributed by atoms with Crippen LogP contribution in [0.5, 0.6) is 0 Å². The van der Waals surface area contributed by atoms with E-state index >= 15 is 0 Å². The van der Waals surface area contributed by atoms with Crippen molar-refractivity contribution in [1.82, 2.24) is 28.5 Å². The molecule has 132 valence electrons. The normalized spacial score (nSPS) is 15.8. The Hall–Kier alpha value is -2.26. The zero-order valence-corrected chi connectivity index (χ0v) is 15.1. The fourth-order valence-electron chi connectivity index (χ4n) is 3.09. The second kappa shape index (κ2) is 6.93. The number of aryl methyl sites for hydroxylation is 2. The van der Waals surface area contributed by atoms with Gasteiger partial charge in [0.1, 0.15) is 23.5 Å². The largest absolute Gasteiger partial charge is 0.381 e. The Bertz CT molecular complexity index is 793. The number of nitrogens with zero attached hydrogens (tertiary/aromatic N) is 6. The van der Waals surface area contributed by atoms with Crippen molar-refractivity contribution < 1.29 is 4.74 Å². The summed E-state index contributed by atoms with van der Waals surface area (Å²) in [4.78, 5) is 13.7. The summed E-state index contributed by atoms with van der Waals surface area (Å²) in [5.74, 6) is 3.07. The molecule has 0 bridgehead atoms. The molecule has 25 heavy (non-hydrogen) atoms. The lowest BCUT2D eigenvalue weighted by molar-refractivity contribution is 0.0838. The van der Waals surface area contributed by atoms with Crippen LogP contribution in [0.3, 0.4) is 0 Å². The summed E-state index contributed by atoms with van der Waals surface area (Å²) in [7, 11) is 3.96. The van der Waals surface area contributed by atoms with Crippen LogP contribution >= 0.6 is 11.5 Å². The Balaban J connectivity index is 1.60. The first-order chi connectivity index (χ1) is 12.2. The van der Waals surface area contributed by atoms with E-state index in [0.29, 0.717) is 5.92 Å². The average molecular weight is 359 g/mol. The number of ether oxygens (including phenoxy) is 1. The Labute approximate surface area is 150 Å². The second-order valence-electron chi connectivity index (χ2n) is 6.21. The molecule has 1 saturated heterocycles. The fourth-order valence-corrected chi connectivity index (χ4v) is 3.77. The maximum atomic E-state index is 5.43. The van der Waals surface area contributed by atoms with Gasteiger partial charge in [-0.1, -0.05) is 0 Å². The highest BCUT2D eigenvalue weighted by molar-refractivity contribution is 7.09.